The predicted molar refractivity (Wildman–Crippen MR) is 69.0 cm³/mol. The minimum Gasteiger partial charge on any atom is -0.0654 e. The lowest BCUT2D eigenvalue weighted by Gasteiger charge is -2.70. The summed E-state index contributed by atoms with van der Waals surface area (Å²) in [6.07, 6.45) is 8.33. The summed E-state index contributed by atoms with van der Waals surface area (Å²) in [5, 5.41) is 0. The Labute approximate surface area is 96.8 Å². The second kappa shape index (κ2) is 4.11. The molecule has 15 heavy (non-hydrogen) atoms. The Morgan fingerprint density at radius 3 is 1.80 bits per heavy atom. The molecule has 3 unspecified atom stereocenters. The SMILES string of the molecule is CCCC1(CC)CC(C)(CC)C1(C)CC. The van der Waals surface area contributed by atoms with Crippen LogP contribution >= 0.6 is 0 Å². The summed E-state index contributed by atoms with van der Waals surface area (Å²) in [7, 11) is 0. The molecule has 0 aromatic heterocycles. The summed E-state index contributed by atoms with van der Waals surface area (Å²) in [6.45, 7) is 14.6. The van der Waals surface area contributed by atoms with E-state index in [2.05, 4.69) is 41.5 Å². The molecule has 0 heterocycles. The van der Waals surface area contributed by atoms with Crippen LogP contribution in [0.25, 0.3) is 0 Å². The van der Waals surface area contributed by atoms with E-state index in [1.165, 1.54) is 38.5 Å². The molecule has 0 aromatic rings. The molecule has 1 aliphatic carbocycles. The van der Waals surface area contributed by atoms with E-state index < -0.39 is 0 Å². The molecular weight excluding hydrogens is 180 g/mol. The molecule has 0 spiro atoms. The third-order valence-corrected chi connectivity index (χ3v) is 6.12. The van der Waals surface area contributed by atoms with Crippen molar-refractivity contribution in [2.24, 2.45) is 16.2 Å². The van der Waals surface area contributed by atoms with E-state index >= 15 is 0 Å². The van der Waals surface area contributed by atoms with Gasteiger partial charge in [-0.1, -0.05) is 54.4 Å². The summed E-state index contributed by atoms with van der Waals surface area (Å²) in [4.78, 5) is 0. The molecule has 3 atom stereocenters. The number of hydrogen-bond donors (Lipinski definition) is 0. The van der Waals surface area contributed by atoms with Gasteiger partial charge < -0.3 is 0 Å². The van der Waals surface area contributed by atoms with Gasteiger partial charge in [-0.05, 0) is 41.9 Å². The standard InChI is InChI=1S/C15H30/c1-7-11-15(10-4)12-13(5,8-2)14(15,6)9-3/h7-12H2,1-6H3. The first-order valence-electron chi connectivity index (χ1n) is 6.95. The zero-order valence-corrected chi connectivity index (χ0v) is 11.7. The summed E-state index contributed by atoms with van der Waals surface area (Å²) in [6, 6.07) is 0. The Bertz CT molecular complexity index is 220. The van der Waals surface area contributed by atoms with Crippen LogP contribution in [0.2, 0.25) is 0 Å². The van der Waals surface area contributed by atoms with Crippen LogP contribution in [0, 0.1) is 16.2 Å². The van der Waals surface area contributed by atoms with E-state index in [1.807, 2.05) is 0 Å². The van der Waals surface area contributed by atoms with Gasteiger partial charge in [0.2, 0.25) is 0 Å². The summed E-state index contributed by atoms with van der Waals surface area (Å²) >= 11 is 0. The second-order valence-corrected chi connectivity index (χ2v) is 6.16. The normalized spacial score (nSPS) is 45.2. The highest BCUT2D eigenvalue weighted by Gasteiger charge is 2.64. The molecule has 0 bridgehead atoms. The molecule has 1 rings (SSSR count). The van der Waals surface area contributed by atoms with Crippen LogP contribution in [-0.2, 0) is 0 Å². The van der Waals surface area contributed by atoms with Crippen molar-refractivity contribution >= 4 is 0 Å². The average Bonchev–Trinajstić information content (AvgIpc) is 2.26. The Morgan fingerprint density at radius 1 is 0.867 bits per heavy atom. The van der Waals surface area contributed by atoms with E-state index in [1.54, 1.807) is 0 Å². The van der Waals surface area contributed by atoms with Crippen LogP contribution in [0.5, 0.6) is 0 Å². The molecule has 1 aliphatic rings. The van der Waals surface area contributed by atoms with E-state index in [-0.39, 0.29) is 0 Å². The van der Waals surface area contributed by atoms with Gasteiger partial charge in [0, 0.05) is 0 Å². The maximum absolute atomic E-state index is 2.55. The summed E-state index contributed by atoms with van der Waals surface area (Å²) in [5.41, 5.74) is 1.84. The molecular formula is C15H30. The van der Waals surface area contributed by atoms with Crippen LogP contribution < -0.4 is 0 Å². The molecule has 0 heteroatoms. The molecule has 1 saturated carbocycles. The van der Waals surface area contributed by atoms with Crippen LogP contribution in [0.4, 0.5) is 0 Å². The molecule has 0 saturated heterocycles. The first kappa shape index (κ1) is 13.1. The van der Waals surface area contributed by atoms with Crippen LogP contribution in [0.3, 0.4) is 0 Å². The minimum atomic E-state index is 0.583. The van der Waals surface area contributed by atoms with Crippen molar-refractivity contribution in [2.45, 2.75) is 80.1 Å². The molecule has 0 N–H and O–H groups in total. The van der Waals surface area contributed by atoms with Crippen LogP contribution in [0.15, 0.2) is 0 Å². The zero-order valence-electron chi connectivity index (χ0n) is 11.7. The van der Waals surface area contributed by atoms with E-state index in [4.69, 9.17) is 0 Å². The van der Waals surface area contributed by atoms with Gasteiger partial charge in [0.15, 0.2) is 0 Å². The molecule has 0 radical (unpaired) electrons. The Hall–Kier alpha value is 0. The topological polar surface area (TPSA) is 0 Å². The van der Waals surface area contributed by atoms with Gasteiger partial charge in [0.05, 0.1) is 0 Å². The number of rotatable bonds is 5. The zero-order chi connectivity index (χ0) is 11.7. The van der Waals surface area contributed by atoms with Gasteiger partial charge in [0.25, 0.3) is 0 Å². The van der Waals surface area contributed by atoms with Crippen molar-refractivity contribution in [1.29, 1.82) is 0 Å². The van der Waals surface area contributed by atoms with Gasteiger partial charge in [-0.2, -0.15) is 0 Å². The quantitative estimate of drug-likeness (QED) is 0.568. The maximum atomic E-state index is 2.55. The molecule has 0 amide bonds. The Balaban J connectivity index is 2.96. The van der Waals surface area contributed by atoms with Crippen molar-refractivity contribution in [1.82, 2.24) is 0 Å². The fourth-order valence-corrected chi connectivity index (χ4v) is 4.52. The first-order valence-corrected chi connectivity index (χ1v) is 6.95. The Morgan fingerprint density at radius 2 is 1.47 bits per heavy atom. The highest BCUT2D eigenvalue weighted by atomic mass is 14.7. The van der Waals surface area contributed by atoms with Crippen molar-refractivity contribution < 1.29 is 0 Å². The van der Waals surface area contributed by atoms with Gasteiger partial charge in [0.1, 0.15) is 0 Å². The lowest BCUT2D eigenvalue weighted by atomic mass is 9.34. The Kier molecular flexibility index (Phi) is 3.58. The lowest BCUT2D eigenvalue weighted by Crippen LogP contribution is -2.62. The van der Waals surface area contributed by atoms with Crippen LogP contribution in [0.1, 0.15) is 80.1 Å². The monoisotopic (exact) mass is 210 g/mol. The smallest absolute Gasteiger partial charge is 0.0218 e. The van der Waals surface area contributed by atoms with Gasteiger partial charge in [-0.3, -0.25) is 0 Å². The van der Waals surface area contributed by atoms with E-state index in [0.29, 0.717) is 16.2 Å². The van der Waals surface area contributed by atoms with Crippen molar-refractivity contribution in [2.75, 3.05) is 0 Å². The summed E-state index contributed by atoms with van der Waals surface area (Å²) in [5.74, 6) is 0. The molecule has 90 valence electrons. The fourth-order valence-electron chi connectivity index (χ4n) is 4.52. The van der Waals surface area contributed by atoms with Crippen molar-refractivity contribution in [3.63, 3.8) is 0 Å². The van der Waals surface area contributed by atoms with E-state index in [9.17, 15) is 0 Å². The molecule has 1 fully saturated rings. The molecule has 0 aromatic carbocycles. The largest absolute Gasteiger partial charge is 0.0654 e. The van der Waals surface area contributed by atoms with Crippen molar-refractivity contribution in [3.05, 3.63) is 0 Å². The maximum Gasteiger partial charge on any atom is -0.0218 e. The van der Waals surface area contributed by atoms with Gasteiger partial charge in [-0.25, -0.2) is 0 Å². The third kappa shape index (κ3) is 1.47. The highest BCUT2D eigenvalue weighted by Crippen LogP contribution is 2.73. The van der Waals surface area contributed by atoms with Gasteiger partial charge >= 0.3 is 0 Å². The van der Waals surface area contributed by atoms with E-state index in [0.717, 1.165) is 0 Å². The van der Waals surface area contributed by atoms with Crippen LogP contribution in [-0.4, -0.2) is 0 Å². The highest BCUT2D eigenvalue weighted by molar-refractivity contribution is 5.14. The average molecular weight is 210 g/mol. The molecule has 0 aliphatic heterocycles. The van der Waals surface area contributed by atoms with Crippen molar-refractivity contribution in [3.8, 4) is 0 Å². The first-order chi connectivity index (χ1) is 6.95. The second-order valence-electron chi connectivity index (χ2n) is 6.16. The predicted octanol–water partition coefficient (Wildman–Crippen LogP) is 5.42. The van der Waals surface area contributed by atoms with Gasteiger partial charge in [-0.15, -0.1) is 0 Å². The minimum absolute atomic E-state index is 0.583. The molecule has 0 nitrogen and oxygen atoms in total. The number of hydrogen-bond acceptors (Lipinski definition) is 0. The lowest BCUT2D eigenvalue weighted by molar-refractivity contribution is -0.211. The fraction of sp³-hybridized carbons (Fsp3) is 1.00. The third-order valence-electron chi connectivity index (χ3n) is 6.12. The summed E-state index contributed by atoms with van der Waals surface area (Å²) < 4.78 is 0.